The molecule has 2 aromatic heterocycles. The molecule has 162 valence electrons. The van der Waals surface area contributed by atoms with Gasteiger partial charge in [-0.25, -0.2) is 4.68 Å². The third-order valence-corrected chi connectivity index (χ3v) is 6.60. The number of tetrazole rings is 1. The monoisotopic (exact) mass is 447 g/mol. The van der Waals surface area contributed by atoms with Gasteiger partial charge >= 0.3 is 0 Å². The van der Waals surface area contributed by atoms with Crippen molar-refractivity contribution in [3.05, 3.63) is 81.8 Å². The summed E-state index contributed by atoms with van der Waals surface area (Å²) in [5.74, 6) is 1.34. The second-order valence-corrected chi connectivity index (χ2v) is 8.35. The average Bonchev–Trinajstić information content (AvgIpc) is 3.57. The molecule has 5 rings (SSSR count). The van der Waals surface area contributed by atoms with Crippen molar-refractivity contribution in [1.29, 1.82) is 0 Å². The predicted octanol–water partition coefficient (Wildman–Crippen LogP) is 3.53. The lowest BCUT2D eigenvalue weighted by atomic mass is 9.90. The molecule has 1 aliphatic heterocycles. The summed E-state index contributed by atoms with van der Waals surface area (Å²) in [5.41, 5.74) is 3.64. The van der Waals surface area contributed by atoms with E-state index in [1.165, 1.54) is 11.9 Å². The van der Waals surface area contributed by atoms with E-state index >= 15 is 0 Å². The molecule has 2 aromatic carbocycles. The standard InChI is InChI=1S/C23H21N5O3S/c1-30-19-12-16-9-10-27(22(21-4-3-11-32-21)18(16)13-20(19)31-2)23(29)15-5-7-17(8-6-15)28-14-24-25-26-28/h3-8,11-14,22H,9-10H2,1-2H3. The van der Waals surface area contributed by atoms with Crippen molar-refractivity contribution in [1.82, 2.24) is 25.1 Å². The van der Waals surface area contributed by atoms with Crippen LogP contribution in [0.2, 0.25) is 0 Å². The predicted molar refractivity (Wildman–Crippen MR) is 120 cm³/mol. The maximum Gasteiger partial charge on any atom is 0.254 e. The van der Waals surface area contributed by atoms with Crippen LogP contribution < -0.4 is 9.47 Å². The van der Waals surface area contributed by atoms with Gasteiger partial charge in [-0.05, 0) is 75.8 Å². The largest absolute Gasteiger partial charge is 0.493 e. The molecule has 0 saturated heterocycles. The van der Waals surface area contributed by atoms with Gasteiger partial charge in [-0.1, -0.05) is 6.07 Å². The number of thiophene rings is 1. The minimum Gasteiger partial charge on any atom is -0.493 e. The molecule has 1 atom stereocenters. The van der Waals surface area contributed by atoms with Crippen LogP contribution in [0.3, 0.4) is 0 Å². The van der Waals surface area contributed by atoms with E-state index in [9.17, 15) is 4.79 Å². The molecule has 0 spiro atoms. The lowest BCUT2D eigenvalue weighted by molar-refractivity contribution is 0.0697. The molecule has 32 heavy (non-hydrogen) atoms. The highest BCUT2D eigenvalue weighted by molar-refractivity contribution is 7.10. The fourth-order valence-corrected chi connectivity index (χ4v) is 4.97. The Morgan fingerprint density at radius 3 is 2.53 bits per heavy atom. The Morgan fingerprint density at radius 1 is 1.09 bits per heavy atom. The molecule has 9 heteroatoms. The SMILES string of the molecule is COc1cc2c(cc1OC)C(c1cccs1)N(C(=O)c1ccc(-n3cnnn3)cc1)CC2. The van der Waals surface area contributed by atoms with Crippen molar-refractivity contribution in [2.24, 2.45) is 0 Å². The molecule has 1 unspecified atom stereocenters. The van der Waals surface area contributed by atoms with Gasteiger partial charge in [0.25, 0.3) is 5.91 Å². The van der Waals surface area contributed by atoms with Crippen LogP contribution in [0.1, 0.15) is 32.4 Å². The van der Waals surface area contributed by atoms with Crippen LogP contribution in [0.4, 0.5) is 0 Å². The zero-order valence-electron chi connectivity index (χ0n) is 17.6. The number of carbonyl (C=O) groups is 1. The first-order valence-electron chi connectivity index (χ1n) is 10.1. The van der Waals surface area contributed by atoms with Crippen LogP contribution >= 0.6 is 11.3 Å². The van der Waals surface area contributed by atoms with Crippen LogP contribution in [-0.2, 0) is 6.42 Å². The first-order chi connectivity index (χ1) is 15.7. The van der Waals surface area contributed by atoms with Crippen molar-refractivity contribution in [3.8, 4) is 17.2 Å². The number of benzene rings is 2. The Morgan fingerprint density at radius 2 is 1.88 bits per heavy atom. The normalized spacial score (nSPS) is 15.3. The van der Waals surface area contributed by atoms with E-state index in [0.717, 1.165) is 22.5 Å². The summed E-state index contributed by atoms with van der Waals surface area (Å²) in [6, 6.07) is 15.2. The first kappa shape index (κ1) is 20.2. The number of fused-ring (bicyclic) bond motifs is 1. The zero-order chi connectivity index (χ0) is 22.1. The number of amides is 1. The van der Waals surface area contributed by atoms with Crippen LogP contribution in [0, 0.1) is 0 Å². The third-order valence-electron chi connectivity index (χ3n) is 5.68. The Balaban J connectivity index is 1.53. The van der Waals surface area contributed by atoms with Gasteiger partial charge in [-0.2, -0.15) is 0 Å². The maximum atomic E-state index is 13.6. The fourth-order valence-electron chi connectivity index (χ4n) is 4.12. The van der Waals surface area contributed by atoms with E-state index in [2.05, 4.69) is 21.6 Å². The Hall–Kier alpha value is -3.72. The summed E-state index contributed by atoms with van der Waals surface area (Å²) in [4.78, 5) is 16.7. The highest BCUT2D eigenvalue weighted by Gasteiger charge is 2.34. The third kappa shape index (κ3) is 3.50. The van der Waals surface area contributed by atoms with Crippen molar-refractivity contribution in [2.75, 3.05) is 20.8 Å². The number of nitrogens with zero attached hydrogens (tertiary/aromatic N) is 5. The summed E-state index contributed by atoms with van der Waals surface area (Å²) >= 11 is 1.64. The molecule has 0 radical (unpaired) electrons. The lowest BCUT2D eigenvalue weighted by Gasteiger charge is -2.37. The maximum absolute atomic E-state index is 13.6. The fraction of sp³-hybridized carbons (Fsp3) is 0.217. The second kappa shape index (κ2) is 8.43. The number of hydrogen-bond donors (Lipinski definition) is 0. The molecule has 8 nitrogen and oxygen atoms in total. The molecule has 0 bridgehead atoms. The molecular weight excluding hydrogens is 426 g/mol. The van der Waals surface area contributed by atoms with Gasteiger partial charge in [0.2, 0.25) is 0 Å². The Bertz CT molecular complexity index is 1220. The van der Waals surface area contributed by atoms with Crippen LogP contribution in [-0.4, -0.2) is 51.8 Å². The van der Waals surface area contributed by atoms with E-state index in [1.807, 2.05) is 52.7 Å². The Labute approximate surface area is 189 Å². The van der Waals surface area contributed by atoms with E-state index in [-0.39, 0.29) is 11.9 Å². The second-order valence-electron chi connectivity index (χ2n) is 7.37. The first-order valence-corrected chi connectivity index (χ1v) is 11.0. The van der Waals surface area contributed by atoms with Gasteiger partial charge in [-0.15, -0.1) is 16.4 Å². The molecule has 4 aromatic rings. The molecule has 1 aliphatic rings. The molecule has 3 heterocycles. The van der Waals surface area contributed by atoms with Crippen molar-refractivity contribution in [2.45, 2.75) is 12.5 Å². The molecule has 0 N–H and O–H groups in total. The minimum atomic E-state index is -0.190. The van der Waals surface area contributed by atoms with E-state index in [0.29, 0.717) is 23.6 Å². The molecular formula is C23H21N5O3S. The smallest absolute Gasteiger partial charge is 0.254 e. The topological polar surface area (TPSA) is 82.4 Å². The summed E-state index contributed by atoms with van der Waals surface area (Å²) in [5, 5.41) is 13.2. The zero-order valence-corrected chi connectivity index (χ0v) is 18.5. The van der Waals surface area contributed by atoms with Gasteiger partial charge < -0.3 is 14.4 Å². The van der Waals surface area contributed by atoms with Gasteiger partial charge in [0.15, 0.2) is 11.5 Å². The number of aromatic nitrogens is 4. The van der Waals surface area contributed by atoms with Crippen LogP contribution in [0.5, 0.6) is 11.5 Å². The van der Waals surface area contributed by atoms with E-state index in [4.69, 9.17) is 9.47 Å². The number of methoxy groups -OCH3 is 2. The highest BCUT2D eigenvalue weighted by atomic mass is 32.1. The van der Waals surface area contributed by atoms with E-state index in [1.54, 1.807) is 30.2 Å². The lowest BCUT2D eigenvalue weighted by Crippen LogP contribution is -2.40. The summed E-state index contributed by atoms with van der Waals surface area (Å²) in [7, 11) is 3.26. The van der Waals surface area contributed by atoms with Crippen molar-refractivity contribution in [3.63, 3.8) is 0 Å². The van der Waals surface area contributed by atoms with Gasteiger partial charge in [0.1, 0.15) is 6.33 Å². The molecule has 0 fully saturated rings. The number of carbonyl (C=O) groups excluding carboxylic acids is 1. The number of ether oxygens (including phenoxy) is 2. The number of hydrogen-bond acceptors (Lipinski definition) is 7. The minimum absolute atomic E-state index is 0.0212. The van der Waals surface area contributed by atoms with Gasteiger partial charge in [0.05, 0.1) is 25.9 Å². The average molecular weight is 448 g/mol. The van der Waals surface area contributed by atoms with Crippen LogP contribution in [0.25, 0.3) is 5.69 Å². The van der Waals surface area contributed by atoms with Crippen molar-refractivity contribution < 1.29 is 14.3 Å². The summed E-state index contributed by atoms with van der Waals surface area (Å²) in [6.45, 7) is 0.610. The van der Waals surface area contributed by atoms with Gasteiger partial charge in [0, 0.05) is 17.0 Å². The van der Waals surface area contributed by atoms with E-state index < -0.39 is 0 Å². The summed E-state index contributed by atoms with van der Waals surface area (Å²) < 4.78 is 12.6. The molecule has 0 saturated carbocycles. The van der Waals surface area contributed by atoms with Crippen molar-refractivity contribution >= 4 is 17.2 Å². The quantitative estimate of drug-likeness (QED) is 0.466. The molecule has 1 amide bonds. The highest BCUT2D eigenvalue weighted by Crippen LogP contribution is 2.42. The van der Waals surface area contributed by atoms with Crippen LogP contribution in [0.15, 0.2) is 60.2 Å². The summed E-state index contributed by atoms with van der Waals surface area (Å²) in [6.07, 6.45) is 2.26. The Kier molecular flexibility index (Phi) is 5.32. The molecule has 0 aliphatic carbocycles. The van der Waals surface area contributed by atoms with Gasteiger partial charge in [-0.3, -0.25) is 4.79 Å². The number of rotatable bonds is 5.